The number of hydrogen-bond acceptors (Lipinski definition) is 2. The van der Waals surface area contributed by atoms with Crippen LogP contribution in [0.3, 0.4) is 0 Å². The second-order valence-electron chi connectivity index (χ2n) is 4.27. The van der Waals surface area contributed by atoms with Gasteiger partial charge in [-0.3, -0.25) is 0 Å². The van der Waals surface area contributed by atoms with Gasteiger partial charge in [0.1, 0.15) is 17.0 Å². The lowest BCUT2D eigenvalue weighted by molar-refractivity contribution is 0.469. The number of nitrogens with zero attached hydrogens (tertiary/aromatic N) is 1. The molecule has 0 saturated heterocycles. The first-order valence-electron chi connectivity index (χ1n) is 5.53. The first-order valence-corrected chi connectivity index (χ1v) is 5.53. The number of hydrogen-bond donors (Lipinski definition) is 1. The highest BCUT2D eigenvalue weighted by Crippen LogP contribution is 2.34. The number of phenols is 1. The maximum atomic E-state index is 13.9. The van der Waals surface area contributed by atoms with Crippen LogP contribution in [-0.4, -0.2) is 5.11 Å². The SMILES string of the molecule is CC(C#N)(c1ccccc1)c1cc(O)ccc1F. The standard InChI is InChI=1S/C15H12FNO/c1-15(10-17,11-5-3-2-4-6-11)13-9-12(18)7-8-14(13)16/h2-9,18H,1H3. The van der Waals surface area contributed by atoms with Crippen LogP contribution in [0.15, 0.2) is 48.5 Å². The lowest BCUT2D eigenvalue weighted by Crippen LogP contribution is -2.22. The number of phenolic OH excluding ortho intramolecular Hbond substituents is 1. The molecule has 0 saturated carbocycles. The summed E-state index contributed by atoms with van der Waals surface area (Å²) >= 11 is 0. The van der Waals surface area contributed by atoms with E-state index in [9.17, 15) is 14.8 Å². The zero-order valence-corrected chi connectivity index (χ0v) is 9.89. The number of halogens is 1. The van der Waals surface area contributed by atoms with Gasteiger partial charge in [0.25, 0.3) is 0 Å². The second-order valence-corrected chi connectivity index (χ2v) is 4.27. The Morgan fingerprint density at radius 2 is 1.83 bits per heavy atom. The van der Waals surface area contributed by atoms with Crippen molar-refractivity contribution >= 4 is 0 Å². The average molecular weight is 241 g/mol. The first kappa shape index (κ1) is 12.1. The number of benzene rings is 2. The van der Waals surface area contributed by atoms with Crippen molar-refractivity contribution in [3.8, 4) is 11.8 Å². The highest BCUT2D eigenvalue weighted by molar-refractivity contribution is 5.47. The number of rotatable bonds is 2. The minimum absolute atomic E-state index is 0.0520. The Bertz CT molecular complexity index is 604. The van der Waals surface area contributed by atoms with E-state index < -0.39 is 11.2 Å². The Morgan fingerprint density at radius 3 is 2.44 bits per heavy atom. The van der Waals surface area contributed by atoms with Gasteiger partial charge in [-0.05, 0) is 30.7 Å². The molecular formula is C15H12FNO. The predicted molar refractivity (Wildman–Crippen MR) is 66.6 cm³/mol. The molecular weight excluding hydrogens is 229 g/mol. The molecule has 2 nitrogen and oxygen atoms in total. The molecule has 2 rings (SSSR count). The van der Waals surface area contributed by atoms with Gasteiger partial charge in [-0.25, -0.2) is 4.39 Å². The number of nitriles is 1. The van der Waals surface area contributed by atoms with Crippen molar-refractivity contribution in [2.24, 2.45) is 0 Å². The molecule has 1 unspecified atom stereocenters. The van der Waals surface area contributed by atoms with Crippen molar-refractivity contribution in [1.82, 2.24) is 0 Å². The lowest BCUT2D eigenvalue weighted by atomic mass is 9.77. The molecule has 1 atom stereocenters. The summed E-state index contributed by atoms with van der Waals surface area (Å²) in [5.74, 6) is -0.551. The maximum absolute atomic E-state index is 13.9. The van der Waals surface area contributed by atoms with Crippen molar-refractivity contribution < 1.29 is 9.50 Å². The number of aromatic hydroxyl groups is 1. The summed E-state index contributed by atoms with van der Waals surface area (Å²) in [4.78, 5) is 0. The van der Waals surface area contributed by atoms with Crippen LogP contribution >= 0.6 is 0 Å². The Kier molecular flexibility index (Phi) is 3.03. The van der Waals surface area contributed by atoms with Crippen LogP contribution in [0, 0.1) is 17.1 Å². The summed E-state index contributed by atoms with van der Waals surface area (Å²) in [5.41, 5.74) is -0.252. The molecule has 90 valence electrons. The van der Waals surface area contributed by atoms with Gasteiger partial charge in [0, 0.05) is 5.56 Å². The third-order valence-electron chi connectivity index (χ3n) is 3.06. The fraction of sp³-hybridized carbons (Fsp3) is 0.133. The van der Waals surface area contributed by atoms with Crippen LogP contribution in [0.2, 0.25) is 0 Å². The summed E-state index contributed by atoms with van der Waals surface area (Å²) in [6, 6.07) is 14.8. The molecule has 0 fully saturated rings. The van der Waals surface area contributed by atoms with Crippen LogP contribution in [0.1, 0.15) is 18.1 Å². The third kappa shape index (κ3) is 1.93. The molecule has 18 heavy (non-hydrogen) atoms. The van der Waals surface area contributed by atoms with E-state index in [1.807, 2.05) is 6.07 Å². The highest BCUT2D eigenvalue weighted by atomic mass is 19.1. The summed E-state index contributed by atoms with van der Waals surface area (Å²) in [5, 5.41) is 18.9. The molecule has 1 N–H and O–H groups in total. The van der Waals surface area contributed by atoms with Crippen LogP contribution in [0.4, 0.5) is 4.39 Å². The van der Waals surface area contributed by atoms with Gasteiger partial charge < -0.3 is 5.11 Å². The Hall–Kier alpha value is -2.34. The molecule has 0 aromatic heterocycles. The highest BCUT2D eigenvalue weighted by Gasteiger charge is 2.31. The predicted octanol–water partition coefficient (Wildman–Crippen LogP) is 3.36. The van der Waals surface area contributed by atoms with Gasteiger partial charge in [0.15, 0.2) is 0 Å². The molecule has 0 aliphatic carbocycles. The van der Waals surface area contributed by atoms with Gasteiger partial charge in [-0.15, -0.1) is 0 Å². The largest absolute Gasteiger partial charge is 0.508 e. The van der Waals surface area contributed by atoms with Crippen LogP contribution in [-0.2, 0) is 5.41 Å². The van der Waals surface area contributed by atoms with Crippen molar-refractivity contribution in [1.29, 1.82) is 5.26 Å². The van der Waals surface area contributed by atoms with Crippen LogP contribution in [0.5, 0.6) is 5.75 Å². The fourth-order valence-corrected chi connectivity index (χ4v) is 1.95. The van der Waals surface area contributed by atoms with Crippen molar-refractivity contribution in [2.45, 2.75) is 12.3 Å². The summed E-state index contributed by atoms with van der Waals surface area (Å²) in [6.45, 7) is 1.64. The topological polar surface area (TPSA) is 44.0 Å². The van der Waals surface area contributed by atoms with E-state index in [1.54, 1.807) is 31.2 Å². The molecule has 0 aliphatic heterocycles. The molecule has 3 heteroatoms. The van der Waals surface area contributed by atoms with E-state index in [2.05, 4.69) is 6.07 Å². The molecule has 2 aromatic rings. The van der Waals surface area contributed by atoms with Gasteiger partial charge in [-0.2, -0.15) is 5.26 Å². The van der Waals surface area contributed by atoms with Gasteiger partial charge >= 0.3 is 0 Å². The Balaban J connectivity index is 2.65. The quantitative estimate of drug-likeness (QED) is 0.876. The van der Waals surface area contributed by atoms with E-state index in [0.717, 1.165) is 0 Å². The molecule has 0 heterocycles. The molecule has 0 radical (unpaired) electrons. The monoisotopic (exact) mass is 241 g/mol. The maximum Gasteiger partial charge on any atom is 0.128 e. The molecule has 0 aliphatic rings. The van der Waals surface area contributed by atoms with Gasteiger partial charge in [0.2, 0.25) is 0 Å². The second kappa shape index (κ2) is 4.50. The van der Waals surface area contributed by atoms with Crippen molar-refractivity contribution in [2.75, 3.05) is 0 Å². The summed E-state index contributed by atoms with van der Waals surface area (Å²) in [6.07, 6.45) is 0. The van der Waals surface area contributed by atoms with Gasteiger partial charge in [-0.1, -0.05) is 30.3 Å². The summed E-state index contributed by atoms with van der Waals surface area (Å²) < 4.78 is 13.9. The molecule has 0 amide bonds. The summed E-state index contributed by atoms with van der Waals surface area (Å²) in [7, 11) is 0. The van der Waals surface area contributed by atoms with Crippen LogP contribution in [0.25, 0.3) is 0 Å². The third-order valence-corrected chi connectivity index (χ3v) is 3.06. The Labute approximate surface area is 105 Å². The minimum Gasteiger partial charge on any atom is -0.508 e. The van der Waals surface area contributed by atoms with Gasteiger partial charge in [0.05, 0.1) is 6.07 Å². The fourth-order valence-electron chi connectivity index (χ4n) is 1.95. The minimum atomic E-state index is -1.12. The molecule has 2 aromatic carbocycles. The lowest BCUT2D eigenvalue weighted by Gasteiger charge is -2.23. The zero-order valence-electron chi connectivity index (χ0n) is 9.89. The smallest absolute Gasteiger partial charge is 0.128 e. The first-order chi connectivity index (χ1) is 8.58. The zero-order chi connectivity index (χ0) is 13.2. The normalized spacial score (nSPS) is 13.6. The molecule has 0 bridgehead atoms. The van der Waals surface area contributed by atoms with E-state index >= 15 is 0 Å². The average Bonchev–Trinajstić information content (AvgIpc) is 2.41. The van der Waals surface area contributed by atoms with Crippen LogP contribution < -0.4 is 0 Å². The van der Waals surface area contributed by atoms with E-state index in [-0.39, 0.29) is 11.3 Å². The van der Waals surface area contributed by atoms with Crippen molar-refractivity contribution in [3.05, 3.63) is 65.5 Å². The van der Waals surface area contributed by atoms with E-state index in [4.69, 9.17) is 0 Å². The van der Waals surface area contributed by atoms with E-state index in [0.29, 0.717) is 5.56 Å². The van der Waals surface area contributed by atoms with Crippen molar-refractivity contribution in [3.63, 3.8) is 0 Å². The van der Waals surface area contributed by atoms with E-state index in [1.165, 1.54) is 18.2 Å². The Morgan fingerprint density at radius 1 is 1.17 bits per heavy atom. The molecule has 0 spiro atoms.